The lowest BCUT2D eigenvalue weighted by atomic mass is 10.1. The van der Waals surface area contributed by atoms with E-state index in [1.807, 2.05) is 15.6 Å². The molecule has 0 spiro atoms. The van der Waals surface area contributed by atoms with E-state index in [-0.39, 0.29) is 73.8 Å². The van der Waals surface area contributed by atoms with Gasteiger partial charge in [0.2, 0.25) is 30.4 Å². The molecule has 4 N–H and O–H groups in total. The largest absolute Gasteiger partial charge is 0.469 e. The van der Waals surface area contributed by atoms with Gasteiger partial charge in [0.15, 0.2) is 0 Å². The van der Waals surface area contributed by atoms with E-state index >= 15 is 0 Å². The molecule has 0 radical (unpaired) electrons. The molecule has 2 aromatic heterocycles. The SMILES string of the molecule is COC(=O)CC(=O)CCCC(F)F.O=C1CC(=O)NC(=O)N1.O=c1[nH]c(=O)c2c(CCCC(F)F)cc(=O)oc2[nH]1. The second-order valence-corrected chi connectivity index (χ2v) is 8.16. The average Bonchev–Trinajstić information content (AvgIpc) is 2.82. The van der Waals surface area contributed by atoms with Gasteiger partial charge in [0.05, 0.1) is 7.11 Å². The number of hydrogen-bond acceptors (Lipinski definition) is 10. The lowest BCUT2D eigenvalue weighted by Gasteiger charge is -2.09. The number of amides is 4. The number of Topliss-reactive ketones (excluding diaryl/α,β-unsaturated/α-hetero) is 1. The number of ether oxygens (including phenoxy) is 1. The van der Waals surface area contributed by atoms with Gasteiger partial charge in [-0.2, -0.15) is 0 Å². The van der Waals surface area contributed by atoms with Crippen LogP contribution in [0.1, 0.15) is 50.5 Å². The van der Waals surface area contributed by atoms with Gasteiger partial charge in [-0.05, 0) is 24.8 Å². The third-order valence-corrected chi connectivity index (χ3v) is 4.87. The molecule has 0 atom stereocenters. The van der Waals surface area contributed by atoms with Crippen LogP contribution in [0.3, 0.4) is 0 Å². The highest BCUT2D eigenvalue weighted by atomic mass is 19.3. The molecule has 1 fully saturated rings. The van der Waals surface area contributed by atoms with Crippen molar-refractivity contribution in [1.29, 1.82) is 0 Å². The van der Waals surface area contributed by atoms with Crippen LogP contribution >= 0.6 is 0 Å². The van der Waals surface area contributed by atoms with E-state index in [0.29, 0.717) is 0 Å². The van der Waals surface area contributed by atoms with Gasteiger partial charge in [0.25, 0.3) is 5.56 Å². The normalized spacial score (nSPS) is 12.6. The molecule has 41 heavy (non-hydrogen) atoms. The first-order chi connectivity index (χ1) is 19.2. The molecule has 1 aliphatic rings. The summed E-state index contributed by atoms with van der Waals surface area (Å²) < 4.78 is 56.3. The molecule has 3 heterocycles. The molecule has 14 nitrogen and oxygen atoms in total. The van der Waals surface area contributed by atoms with Crippen LogP contribution in [0.2, 0.25) is 0 Å². The molecule has 0 bridgehead atoms. The van der Waals surface area contributed by atoms with Gasteiger partial charge in [-0.25, -0.2) is 31.9 Å². The number of urea groups is 1. The van der Waals surface area contributed by atoms with Crippen molar-refractivity contribution in [3.63, 3.8) is 0 Å². The summed E-state index contributed by atoms with van der Waals surface area (Å²) in [5, 5.41) is 3.81. The van der Waals surface area contributed by atoms with Gasteiger partial charge in [0.1, 0.15) is 24.0 Å². The summed E-state index contributed by atoms with van der Waals surface area (Å²) in [5.41, 5.74) is -2.22. The Hall–Kier alpha value is -4.64. The first-order valence-corrected chi connectivity index (χ1v) is 11.8. The number of aryl methyl sites for hydroxylation is 1. The number of barbiturate groups is 1. The first kappa shape index (κ1) is 34.4. The molecule has 0 unspecified atom stereocenters. The maximum atomic E-state index is 12.1. The monoisotopic (exact) mass is 594 g/mol. The Labute approximate surface area is 226 Å². The second kappa shape index (κ2) is 17.1. The van der Waals surface area contributed by atoms with Crippen LogP contribution in [0.15, 0.2) is 24.9 Å². The van der Waals surface area contributed by atoms with E-state index < -0.39 is 53.5 Å². The number of methoxy groups -OCH3 is 1. The van der Waals surface area contributed by atoms with E-state index in [9.17, 15) is 55.9 Å². The number of nitrogens with one attached hydrogen (secondary N) is 4. The summed E-state index contributed by atoms with van der Waals surface area (Å²) in [6, 6.07) is 0.331. The summed E-state index contributed by atoms with van der Waals surface area (Å²) >= 11 is 0. The van der Waals surface area contributed by atoms with Crippen molar-refractivity contribution in [1.82, 2.24) is 20.6 Å². The van der Waals surface area contributed by atoms with E-state index in [1.54, 1.807) is 0 Å². The van der Waals surface area contributed by atoms with Gasteiger partial charge < -0.3 is 9.15 Å². The number of H-pyrrole nitrogens is 2. The maximum Gasteiger partial charge on any atom is 0.337 e. The molecule has 4 amide bonds. The number of ketones is 1. The minimum atomic E-state index is -2.44. The Kier molecular flexibility index (Phi) is 14.4. The third kappa shape index (κ3) is 13.8. The van der Waals surface area contributed by atoms with E-state index in [2.05, 4.69) is 9.72 Å². The zero-order valence-electron chi connectivity index (χ0n) is 21.5. The summed E-state index contributed by atoms with van der Waals surface area (Å²) in [7, 11) is 1.18. The Bertz CT molecular complexity index is 1370. The Morgan fingerprint density at radius 2 is 1.51 bits per heavy atom. The third-order valence-electron chi connectivity index (χ3n) is 4.87. The molecular weight excluding hydrogens is 568 g/mol. The Morgan fingerprint density at radius 3 is 2.05 bits per heavy atom. The summed E-state index contributed by atoms with van der Waals surface area (Å²) in [4.78, 5) is 90.3. The predicted octanol–water partition coefficient (Wildman–Crippen LogP) is 1.05. The van der Waals surface area contributed by atoms with Crippen molar-refractivity contribution in [3.05, 3.63) is 42.9 Å². The summed E-state index contributed by atoms with van der Waals surface area (Å²) in [6.45, 7) is 0. The second-order valence-electron chi connectivity index (χ2n) is 8.16. The lowest BCUT2D eigenvalue weighted by Crippen LogP contribution is -2.49. The first-order valence-electron chi connectivity index (χ1n) is 11.8. The van der Waals surface area contributed by atoms with Crippen molar-refractivity contribution in [2.75, 3.05) is 7.11 Å². The average molecular weight is 594 g/mol. The smallest absolute Gasteiger partial charge is 0.337 e. The zero-order chi connectivity index (χ0) is 31.1. The number of aromatic amines is 2. The fraction of sp³-hybridized carbons (Fsp3) is 0.478. The fourth-order valence-electron chi connectivity index (χ4n) is 3.12. The van der Waals surface area contributed by atoms with Gasteiger partial charge in [-0.1, -0.05) is 0 Å². The number of rotatable bonds is 10. The standard InChI is InChI=1S/C11H10F2N2O4.C8H12F2O3.C4H4N2O3/c12-6(13)3-1-2-5-4-7(16)19-10-8(5)9(17)14-11(18)15-10;1-13-8(12)5-6(11)3-2-4-7(9)10;7-2-1-3(8)6-4(9)5-2/h4,6H,1-3H2,(H2,14,15,17,18);7H,2-5H2,1H3;1H2,(H2,5,6,7,8,9). The van der Waals surface area contributed by atoms with Crippen molar-refractivity contribution in [3.8, 4) is 0 Å². The van der Waals surface area contributed by atoms with Crippen molar-refractivity contribution in [2.45, 2.75) is 64.2 Å². The number of alkyl halides is 4. The van der Waals surface area contributed by atoms with Gasteiger partial charge in [-0.3, -0.25) is 44.6 Å². The lowest BCUT2D eigenvalue weighted by molar-refractivity contribution is -0.143. The molecule has 3 rings (SSSR count). The Balaban J connectivity index is 0.000000332. The number of esters is 1. The minimum absolute atomic E-state index is 0.00784. The molecule has 0 aliphatic carbocycles. The number of imide groups is 2. The fourth-order valence-corrected chi connectivity index (χ4v) is 3.12. The highest BCUT2D eigenvalue weighted by Gasteiger charge is 2.20. The molecule has 0 aromatic carbocycles. The molecule has 2 aromatic rings. The van der Waals surface area contributed by atoms with E-state index in [1.165, 1.54) is 7.11 Å². The number of halogens is 4. The quantitative estimate of drug-likeness (QED) is 0.174. The minimum Gasteiger partial charge on any atom is -0.469 e. The van der Waals surface area contributed by atoms with Gasteiger partial charge >= 0.3 is 23.3 Å². The number of aromatic nitrogens is 2. The highest BCUT2D eigenvalue weighted by molar-refractivity contribution is 6.14. The van der Waals surface area contributed by atoms with Crippen LogP contribution in [0.5, 0.6) is 0 Å². The number of carbonyl (C=O) groups excluding carboxylic acids is 5. The number of hydrogen-bond donors (Lipinski definition) is 4. The van der Waals surface area contributed by atoms with Crippen LogP contribution in [0.25, 0.3) is 11.1 Å². The highest BCUT2D eigenvalue weighted by Crippen LogP contribution is 2.14. The maximum absolute atomic E-state index is 12.1. The van der Waals surface area contributed by atoms with Crippen LogP contribution < -0.4 is 27.5 Å². The molecule has 0 saturated carbocycles. The number of fused-ring (bicyclic) bond motifs is 1. The number of carbonyl (C=O) groups is 5. The van der Waals surface area contributed by atoms with Crippen LogP contribution in [0.4, 0.5) is 22.4 Å². The van der Waals surface area contributed by atoms with Crippen LogP contribution in [0, 0.1) is 0 Å². The molecule has 1 aliphatic heterocycles. The zero-order valence-corrected chi connectivity index (χ0v) is 21.5. The van der Waals surface area contributed by atoms with Crippen molar-refractivity contribution in [2.24, 2.45) is 0 Å². The van der Waals surface area contributed by atoms with Crippen molar-refractivity contribution >= 4 is 40.7 Å². The predicted molar refractivity (Wildman–Crippen MR) is 130 cm³/mol. The van der Waals surface area contributed by atoms with Gasteiger partial charge in [0, 0.05) is 25.3 Å². The van der Waals surface area contributed by atoms with E-state index in [0.717, 1.165) is 6.07 Å². The van der Waals surface area contributed by atoms with Gasteiger partial charge in [-0.15, -0.1) is 0 Å². The van der Waals surface area contributed by atoms with Crippen LogP contribution in [-0.4, -0.2) is 59.5 Å². The topological polar surface area (TPSA) is 215 Å². The van der Waals surface area contributed by atoms with Crippen LogP contribution in [-0.2, 0) is 30.3 Å². The van der Waals surface area contributed by atoms with Crippen molar-refractivity contribution < 1.29 is 50.7 Å². The molecule has 18 heteroatoms. The Morgan fingerprint density at radius 1 is 0.927 bits per heavy atom. The summed E-state index contributed by atoms with van der Waals surface area (Å²) in [5.74, 6) is -2.08. The summed E-state index contributed by atoms with van der Waals surface area (Å²) in [6.07, 6.45) is -5.65. The molecular formula is C23H26F4N4O10. The molecule has 226 valence electrons. The molecule has 1 saturated heterocycles. The van der Waals surface area contributed by atoms with E-state index in [4.69, 9.17) is 4.42 Å².